The van der Waals surface area contributed by atoms with Gasteiger partial charge in [-0.1, -0.05) is 48.5 Å². The summed E-state index contributed by atoms with van der Waals surface area (Å²) < 4.78 is 6.06. The summed E-state index contributed by atoms with van der Waals surface area (Å²) in [6, 6.07) is 46.5. The number of hydrogen-bond donors (Lipinski definition) is 5. The number of carbonyl (C=O) groups excluding carboxylic acids is 8. The molecule has 0 unspecified atom stereocenters. The molecule has 9 aromatic rings. The summed E-state index contributed by atoms with van der Waals surface area (Å²) in [5, 5.41) is 40.5. The van der Waals surface area contributed by atoms with Gasteiger partial charge in [0, 0.05) is 89.4 Å². The Balaban J connectivity index is 0.000000344. The molecule has 3 aliphatic heterocycles. The number of fused-ring (bicyclic) bond motifs is 3. The standard InChI is InChI=1S/C24H22N2O5.C24H24N2O3.C14H15NO2.C9H11N.3CO2.ClH.Na.H2O/c1-14-3-4-15(2)26(14)21-12-17(7-8-20(21)24(30)31)22(27)25-10-9-16-5-6-18(23(28)29)11-19(16)13-25;1-15-4-7-19(13-22(15)26-16(2)5-6-17(26)3)23(27)25-11-10-18-8-9-20(24(28)29)12-21(18)14-25;1-9-4-7-12(14(16)17)8-13(9)15-10(2)5-6-11(15)3;1-2-4-9-7-10-6-5-8(9)3-1;3*2-1-3;;;/h3-8,11-12H,9-10,13H2,1-2H3,(H,28,29)(H,30,31);4-9,12-13H,10-11,14H2,1-3H3,(H,28,29);4-8H,1-3H3,(H,16,17);1-4,10H,5-7H2;;;;1H;;1H2/q;;;;;;;;+1;/p-1. The summed E-state index contributed by atoms with van der Waals surface area (Å²) in [5.41, 5.74) is 19.6. The van der Waals surface area contributed by atoms with Crippen LogP contribution in [0.4, 0.5) is 0 Å². The monoisotopic (exact) mass is 1380 g/mol. The minimum Gasteiger partial charge on any atom is -0.870 e. The van der Waals surface area contributed by atoms with E-state index in [9.17, 15) is 44.1 Å². The minimum absolute atomic E-state index is 0. The molecular formula is C74H74ClN6NaO17. The van der Waals surface area contributed by atoms with Crippen molar-refractivity contribution in [3.8, 4) is 17.1 Å². The topological polar surface area (TPSA) is 349 Å². The number of halogens is 1. The Bertz CT molecular complexity index is 4380. The van der Waals surface area contributed by atoms with Crippen LogP contribution in [0.1, 0.15) is 141 Å². The molecule has 0 saturated carbocycles. The van der Waals surface area contributed by atoms with E-state index in [2.05, 4.69) is 64.7 Å². The first-order valence-corrected chi connectivity index (χ1v) is 30.1. The van der Waals surface area contributed by atoms with Gasteiger partial charge in [-0.05, 0) is 229 Å². The molecule has 0 atom stereocenters. The maximum absolute atomic E-state index is 13.3. The van der Waals surface area contributed by atoms with Gasteiger partial charge in [0.25, 0.3) is 11.8 Å². The van der Waals surface area contributed by atoms with Crippen molar-refractivity contribution >= 4 is 66.6 Å². The number of benzene rings is 6. The maximum atomic E-state index is 13.3. The van der Waals surface area contributed by atoms with Gasteiger partial charge in [0.1, 0.15) is 0 Å². The molecule has 99 heavy (non-hydrogen) atoms. The number of nitrogens with one attached hydrogen (secondary N) is 1. The van der Waals surface area contributed by atoms with E-state index < -0.39 is 23.9 Å². The molecule has 2 amide bonds. The van der Waals surface area contributed by atoms with Gasteiger partial charge in [0.15, 0.2) is 0 Å². The summed E-state index contributed by atoms with van der Waals surface area (Å²) >= 11 is 0. The van der Waals surface area contributed by atoms with Gasteiger partial charge in [-0.25, -0.2) is 19.2 Å². The summed E-state index contributed by atoms with van der Waals surface area (Å²) in [5.74, 6) is -4.15. The summed E-state index contributed by atoms with van der Waals surface area (Å²) in [6.45, 7) is 20.0. The van der Waals surface area contributed by atoms with Gasteiger partial charge in [0.05, 0.1) is 27.9 Å². The molecule has 3 aromatic heterocycles. The SMILES string of the molecule is Cc1ccc(C(=O)N2CCc3ccc(C(=O)O)cc3C2)cc1-n1c(C)ccc1C.Cc1ccc(C(=O)O)cc1-n1c(C)ccc1C.Cc1ccc(C)n1-c1cc(C(=O)N2CCc3ccc(C(=O)O)cc3C2)ccc1C(=O)O.Cl.O=C=O.O=C=O.O=C=O.[Na+].[OH-].c1ccc2c(c1)CCNC2. The number of nitrogens with zero attached hydrogens (tertiary/aromatic N) is 5. The van der Waals surface area contributed by atoms with Crippen LogP contribution in [-0.4, -0.2) is 123 Å². The molecule has 510 valence electrons. The minimum atomic E-state index is -1.06. The molecule has 6 heterocycles. The van der Waals surface area contributed by atoms with Crippen molar-refractivity contribution in [1.29, 1.82) is 0 Å². The number of amides is 2. The van der Waals surface area contributed by atoms with Gasteiger partial charge in [-0.2, -0.15) is 28.8 Å². The van der Waals surface area contributed by atoms with Gasteiger partial charge in [-0.15, -0.1) is 12.4 Å². The van der Waals surface area contributed by atoms with E-state index in [-0.39, 0.29) is 94.4 Å². The van der Waals surface area contributed by atoms with Gasteiger partial charge < -0.3 is 54.7 Å². The van der Waals surface area contributed by atoms with Crippen molar-refractivity contribution in [2.45, 2.75) is 94.3 Å². The average Bonchev–Trinajstić information content (AvgIpc) is 1.79. The molecule has 0 saturated heterocycles. The third-order valence-corrected chi connectivity index (χ3v) is 16.4. The van der Waals surface area contributed by atoms with Crippen molar-refractivity contribution in [2.24, 2.45) is 0 Å². The number of carboxylic acid groups (broad SMARTS) is 4. The first-order valence-electron chi connectivity index (χ1n) is 30.1. The van der Waals surface area contributed by atoms with Crippen LogP contribution >= 0.6 is 12.4 Å². The van der Waals surface area contributed by atoms with Crippen LogP contribution < -0.4 is 34.9 Å². The smallest absolute Gasteiger partial charge is 0.870 e. The summed E-state index contributed by atoms with van der Waals surface area (Å²) in [7, 11) is 0. The van der Waals surface area contributed by atoms with Crippen LogP contribution in [0.2, 0.25) is 0 Å². The van der Waals surface area contributed by atoms with Crippen molar-refractivity contribution in [3.05, 3.63) is 264 Å². The number of carboxylic acids is 4. The molecule has 12 rings (SSSR count). The zero-order valence-electron chi connectivity index (χ0n) is 56.1. The quantitative estimate of drug-likeness (QED) is 0.0856. The Labute approximate surface area is 599 Å². The molecule has 6 aromatic carbocycles. The van der Waals surface area contributed by atoms with E-state index in [0.717, 1.165) is 98.4 Å². The third-order valence-electron chi connectivity index (χ3n) is 16.4. The number of rotatable bonds is 9. The number of aromatic carboxylic acids is 4. The van der Waals surface area contributed by atoms with Crippen molar-refractivity contribution in [1.82, 2.24) is 28.8 Å². The first-order chi connectivity index (χ1) is 45.8. The second-order valence-electron chi connectivity index (χ2n) is 22.7. The summed E-state index contributed by atoms with van der Waals surface area (Å²) in [6.07, 6.45) is 3.31. The molecule has 0 spiro atoms. The van der Waals surface area contributed by atoms with Crippen LogP contribution in [0.5, 0.6) is 0 Å². The van der Waals surface area contributed by atoms with E-state index in [1.165, 1.54) is 29.7 Å². The fourth-order valence-corrected chi connectivity index (χ4v) is 11.7. The van der Waals surface area contributed by atoms with Crippen LogP contribution in [0.3, 0.4) is 0 Å². The fourth-order valence-electron chi connectivity index (χ4n) is 11.7. The normalized spacial score (nSPS) is 11.7. The van der Waals surface area contributed by atoms with Gasteiger partial charge in [0.2, 0.25) is 0 Å². The molecule has 0 radical (unpaired) electrons. The Hall–Kier alpha value is -10.7. The van der Waals surface area contributed by atoms with Crippen LogP contribution in [-0.2, 0) is 67.7 Å². The van der Waals surface area contributed by atoms with Crippen LogP contribution in [0.15, 0.2) is 152 Å². The fraction of sp³-hybridized carbons (Fsp3) is 0.230. The predicted molar refractivity (Wildman–Crippen MR) is 359 cm³/mol. The van der Waals surface area contributed by atoms with E-state index in [1.807, 2.05) is 101 Å². The largest absolute Gasteiger partial charge is 1.00 e. The Kier molecular flexibility index (Phi) is 32.5. The Morgan fingerprint density at radius 3 is 1.06 bits per heavy atom. The molecule has 0 bridgehead atoms. The van der Waals surface area contributed by atoms with E-state index in [0.29, 0.717) is 55.0 Å². The number of hydrogen-bond acceptors (Lipinski definition) is 14. The summed E-state index contributed by atoms with van der Waals surface area (Å²) in [4.78, 5) is 124. The van der Waals surface area contributed by atoms with E-state index >= 15 is 0 Å². The Morgan fingerprint density at radius 2 is 0.687 bits per heavy atom. The van der Waals surface area contributed by atoms with Crippen molar-refractivity contribution in [3.63, 3.8) is 0 Å². The van der Waals surface area contributed by atoms with Gasteiger partial charge >= 0.3 is 71.9 Å². The molecule has 6 N–H and O–H groups in total. The molecule has 0 aliphatic carbocycles. The van der Waals surface area contributed by atoms with Crippen molar-refractivity contribution < 1.29 is 113 Å². The molecule has 23 nitrogen and oxygen atoms in total. The van der Waals surface area contributed by atoms with E-state index in [4.69, 9.17) is 33.9 Å². The molecule has 25 heteroatoms. The van der Waals surface area contributed by atoms with Crippen LogP contribution in [0, 0.1) is 55.4 Å². The second-order valence-corrected chi connectivity index (χ2v) is 22.7. The number of aryl methyl sites for hydroxylation is 8. The first kappa shape index (κ1) is 82.6. The molecular weight excluding hydrogens is 1300 g/mol. The zero-order chi connectivity index (χ0) is 70.5. The van der Waals surface area contributed by atoms with Gasteiger partial charge in [-0.3, -0.25) is 9.59 Å². The zero-order valence-corrected chi connectivity index (χ0v) is 58.9. The van der Waals surface area contributed by atoms with Crippen molar-refractivity contribution in [2.75, 3.05) is 19.6 Å². The predicted octanol–water partition coefficient (Wildman–Crippen LogP) is 7.92. The van der Waals surface area contributed by atoms with E-state index in [1.54, 1.807) is 58.3 Å². The second kappa shape index (κ2) is 38.9. The average molecular weight is 1380 g/mol. The number of aromatic nitrogens is 3. The maximum Gasteiger partial charge on any atom is 1.00 e. The molecule has 3 aliphatic rings. The Morgan fingerprint density at radius 1 is 0.374 bits per heavy atom. The third kappa shape index (κ3) is 21.2. The molecule has 0 fully saturated rings. The van der Waals surface area contributed by atoms with Crippen LogP contribution in [0.25, 0.3) is 17.1 Å². The number of carbonyl (C=O) groups is 6.